The summed E-state index contributed by atoms with van der Waals surface area (Å²) in [5, 5.41) is 9.42. The third kappa shape index (κ3) is 3.33. The van der Waals surface area contributed by atoms with Crippen LogP contribution in [0.15, 0.2) is 24.5 Å². The third-order valence-corrected chi connectivity index (χ3v) is 3.76. The Kier molecular flexibility index (Phi) is 4.56. The van der Waals surface area contributed by atoms with Gasteiger partial charge in [0.1, 0.15) is 0 Å². The minimum Gasteiger partial charge on any atom is -0.395 e. The Labute approximate surface area is 114 Å². The first kappa shape index (κ1) is 14.0. The number of aromatic nitrogens is 2. The van der Waals surface area contributed by atoms with Crippen LogP contribution in [-0.4, -0.2) is 46.2 Å². The predicted molar refractivity (Wildman–Crippen MR) is 78.1 cm³/mol. The number of aromatic amines is 1. The minimum atomic E-state index is 0.216. The highest BCUT2D eigenvalue weighted by Gasteiger charge is 2.17. The average Bonchev–Trinajstić information content (AvgIpc) is 2.84. The summed E-state index contributed by atoms with van der Waals surface area (Å²) < 4.78 is 0. The van der Waals surface area contributed by atoms with Crippen LogP contribution in [-0.2, 0) is 6.42 Å². The van der Waals surface area contributed by atoms with Crippen LogP contribution in [0.25, 0.3) is 11.0 Å². The molecular weight excluding hydrogens is 238 g/mol. The van der Waals surface area contributed by atoms with Crippen LogP contribution in [0.5, 0.6) is 0 Å². The molecule has 0 fully saturated rings. The second-order valence-corrected chi connectivity index (χ2v) is 5.48. The maximum atomic E-state index is 9.42. The SMILES string of the molecule is CC(C)C(CO)N(C)CCc1ccc2nc[nH]c2c1. The zero-order chi connectivity index (χ0) is 13.8. The summed E-state index contributed by atoms with van der Waals surface area (Å²) >= 11 is 0. The van der Waals surface area contributed by atoms with Gasteiger partial charge in [0.15, 0.2) is 0 Å². The Morgan fingerprint density at radius 3 is 2.84 bits per heavy atom. The van der Waals surface area contributed by atoms with Crippen molar-refractivity contribution in [2.24, 2.45) is 5.92 Å². The Hall–Kier alpha value is -1.39. The van der Waals surface area contributed by atoms with E-state index in [2.05, 4.69) is 47.9 Å². The highest BCUT2D eigenvalue weighted by Crippen LogP contribution is 2.14. The van der Waals surface area contributed by atoms with Gasteiger partial charge in [0.05, 0.1) is 24.0 Å². The van der Waals surface area contributed by atoms with Crippen molar-refractivity contribution in [3.8, 4) is 0 Å². The molecule has 2 aromatic rings. The van der Waals surface area contributed by atoms with Gasteiger partial charge in [0.2, 0.25) is 0 Å². The molecule has 1 aromatic heterocycles. The predicted octanol–water partition coefficient (Wildman–Crippen LogP) is 2.05. The van der Waals surface area contributed by atoms with E-state index < -0.39 is 0 Å². The van der Waals surface area contributed by atoms with Gasteiger partial charge in [0.25, 0.3) is 0 Å². The number of fused-ring (bicyclic) bond motifs is 1. The van der Waals surface area contributed by atoms with Crippen LogP contribution in [0.2, 0.25) is 0 Å². The van der Waals surface area contributed by atoms with Gasteiger partial charge in [-0.25, -0.2) is 4.98 Å². The van der Waals surface area contributed by atoms with Crippen LogP contribution in [0.4, 0.5) is 0 Å². The fourth-order valence-corrected chi connectivity index (χ4v) is 2.47. The topological polar surface area (TPSA) is 52.1 Å². The number of aliphatic hydroxyl groups is 1. The van der Waals surface area contributed by atoms with Gasteiger partial charge < -0.3 is 15.0 Å². The van der Waals surface area contributed by atoms with E-state index in [9.17, 15) is 5.11 Å². The Bertz CT molecular complexity index is 521. The van der Waals surface area contributed by atoms with Gasteiger partial charge >= 0.3 is 0 Å². The van der Waals surface area contributed by atoms with Crippen molar-refractivity contribution in [2.75, 3.05) is 20.2 Å². The maximum Gasteiger partial charge on any atom is 0.0931 e. The highest BCUT2D eigenvalue weighted by atomic mass is 16.3. The Morgan fingerprint density at radius 1 is 1.37 bits per heavy atom. The van der Waals surface area contributed by atoms with Crippen molar-refractivity contribution < 1.29 is 5.11 Å². The molecule has 0 aliphatic carbocycles. The summed E-state index contributed by atoms with van der Waals surface area (Å²) in [4.78, 5) is 9.59. The number of nitrogens with one attached hydrogen (secondary N) is 1. The minimum absolute atomic E-state index is 0.216. The van der Waals surface area contributed by atoms with E-state index in [0.29, 0.717) is 5.92 Å². The van der Waals surface area contributed by atoms with Crippen molar-refractivity contribution in [2.45, 2.75) is 26.3 Å². The number of rotatable bonds is 6. The molecule has 0 radical (unpaired) electrons. The normalized spacial score (nSPS) is 13.6. The van der Waals surface area contributed by atoms with E-state index in [1.807, 2.05) is 6.07 Å². The molecule has 0 bridgehead atoms. The molecule has 0 saturated carbocycles. The fraction of sp³-hybridized carbons (Fsp3) is 0.533. The third-order valence-electron chi connectivity index (χ3n) is 3.76. The van der Waals surface area contributed by atoms with E-state index in [4.69, 9.17) is 0 Å². The number of hydrogen-bond donors (Lipinski definition) is 2. The number of aliphatic hydroxyl groups excluding tert-OH is 1. The smallest absolute Gasteiger partial charge is 0.0931 e. The first-order chi connectivity index (χ1) is 9.11. The largest absolute Gasteiger partial charge is 0.395 e. The zero-order valence-corrected chi connectivity index (χ0v) is 11.9. The number of imidazole rings is 1. The van der Waals surface area contributed by atoms with Gasteiger partial charge in [0, 0.05) is 12.6 Å². The summed E-state index contributed by atoms with van der Waals surface area (Å²) in [7, 11) is 2.08. The molecule has 0 aliphatic heterocycles. The zero-order valence-electron chi connectivity index (χ0n) is 11.9. The summed E-state index contributed by atoms with van der Waals surface area (Å²) in [5.41, 5.74) is 3.39. The summed E-state index contributed by atoms with van der Waals surface area (Å²) in [6, 6.07) is 6.56. The molecule has 1 atom stereocenters. The van der Waals surface area contributed by atoms with Crippen molar-refractivity contribution in [3.63, 3.8) is 0 Å². The molecule has 104 valence electrons. The van der Waals surface area contributed by atoms with Crippen molar-refractivity contribution in [1.82, 2.24) is 14.9 Å². The maximum absolute atomic E-state index is 9.42. The lowest BCUT2D eigenvalue weighted by Gasteiger charge is -2.29. The Morgan fingerprint density at radius 2 is 2.16 bits per heavy atom. The second-order valence-electron chi connectivity index (χ2n) is 5.48. The van der Waals surface area contributed by atoms with E-state index >= 15 is 0 Å². The molecule has 0 spiro atoms. The van der Waals surface area contributed by atoms with Gasteiger partial charge in [-0.3, -0.25) is 0 Å². The van der Waals surface area contributed by atoms with Crippen LogP contribution >= 0.6 is 0 Å². The number of nitrogens with zero attached hydrogens (tertiary/aromatic N) is 2. The van der Waals surface area contributed by atoms with Crippen LogP contribution in [0.1, 0.15) is 19.4 Å². The van der Waals surface area contributed by atoms with Gasteiger partial charge in [-0.2, -0.15) is 0 Å². The van der Waals surface area contributed by atoms with Crippen molar-refractivity contribution >= 4 is 11.0 Å². The first-order valence-electron chi connectivity index (χ1n) is 6.85. The molecule has 0 amide bonds. The van der Waals surface area contributed by atoms with Crippen molar-refractivity contribution in [1.29, 1.82) is 0 Å². The molecule has 2 N–H and O–H groups in total. The monoisotopic (exact) mass is 261 g/mol. The van der Waals surface area contributed by atoms with Crippen LogP contribution < -0.4 is 0 Å². The highest BCUT2D eigenvalue weighted by molar-refractivity contribution is 5.75. The summed E-state index contributed by atoms with van der Waals surface area (Å²) in [6.45, 7) is 5.46. The average molecular weight is 261 g/mol. The molecular formula is C15H23N3O. The molecule has 0 aliphatic rings. The molecule has 0 saturated heterocycles. The first-order valence-corrected chi connectivity index (χ1v) is 6.85. The van der Waals surface area contributed by atoms with Gasteiger partial charge in [-0.1, -0.05) is 19.9 Å². The van der Waals surface area contributed by atoms with Gasteiger partial charge in [-0.15, -0.1) is 0 Å². The van der Waals surface area contributed by atoms with Crippen LogP contribution in [0.3, 0.4) is 0 Å². The number of benzene rings is 1. The number of H-pyrrole nitrogens is 1. The van der Waals surface area contributed by atoms with Crippen LogP contribution in [0, 0.1) is 5.92 Å². The van der Waals surface area contributed by atoms with E-state index in [0.717, 1.165) is 24.0 Å². The van der Waals surface area contributed by atoms with E-state index in [-0.39, 0.29) is 12.6 Å². The standard InChI is InChI=1S/C15H23N3O/c1-11(2)15(9-19)18(3)7-6-12-4-5-13-14(8-12)17-10-16-13/h4-5,8,10-11,15,19H,6-7,9H2,1-3H3,(H,16,17). The molecule has 4 nitrogen and oxygen atoms in total. The number of hydrogen-bond acceptors (Lipinski definition) is 3. The Balaban J connectivity index is 1.97. The lowest BCUT2D eigenvalue weighted by atomic mass is 10.0. The molecule has 1 heterocycles. The van der Waals surface area contributed by atoms with Gasteiger partial charge in [-0.05, 0) is 37.1 Å². The number of likely N-dealkylation sites (N-methyl/N-ethyl adjacent to an activating group) is 1. The van der Waals surface area contributed by atoms with E-state index in [1.54, 1.807) is 6.33 Å². The van der Waals surface area contributed by atoms with E-state index in [1.165, 1.54) is 5.56 Å². The molecule has 19 heavy (non-hydrogen) atoms. The lowest BCUT2D eigenvalue weighted by Crippen LogP contribution is -2.39. The molecule has 1 unspecified atom stereocenters. The molecule has 1 aromatic carbocycles. The fourth-order valence-electron chi connectivity index (χ4n) is 2.47. The quantitative estimate of drug-likeness (QED) is 0.837. The second kappa shape index (κ2) is 6.17. The van der Waals surface area contributed by atoms with Crippen molar-refractivity contribution in [3.05, 3.63) is 30.1 Å². The lowest BCUT2D eigenvalue weighted by molar-refractivity contribution is 0.114. The summed E-state index contributed by atoms with van der Waals surface area (Å²) in [5.74, 6) is 0.463. The molecule has 2 rings (SSSR count). The summed E-state index contributed by atoms with van der Waals surface area (Å²) in [6.07, 6.45) is 2.70. The molecule has 4 heteroatoms.